The van der Waals surface area contributed by atoms with Crippen molar-refractivity contribution >= 4 is 16.9 Å². The van der Waals surface area contributed by atoms with Crippen LogP contribution in [0.3, 0.4) is 0 Å². The Hall–Kier alpha value is -4.17. The minimum Gasteiger partial charge on any atom is -0.482 e. The van der Waals surface area contributed by atoms with Gasteiger partial charge < -0.3 is 14.2 Å². The highest BCUT2D eigenvalue weighted by atomic mass is 32.2. The fourth-order valence-electron chi connectivity index (χ4n) is 3.81. The number of esters is 1. The summed E-state index contributed by atoms with van der Waals surface area (Å²) in [4.78, 5) is 16.1. The molecule has 0 aromatic heterocycles. The number of benzene rings is 4. The molecular weight excluding hydrogens is 525 g/mol. The Bertz CT molecular complexity index is 1340. The van der Waals surface area contributed by atoms with Crippen LogP contribution in [0.4, 0.5) is 13.2 Å². The molecule has 0 aliphatic heterocycles. The van der Waals surface area contributed by atoms with Crippen molar-refractivity contribution in [3.05, 3.63) is 127 Å². The van der Waals surface area contributed by atoms with E-state index in [1.807, 2.05) is 48.5 Å². The first kappa shape index (κ1) is 27.9. The maximum Gasteiger partial charge on any atom is 0.573 e. The van der Waals surface area contributed by atoms with Gasteiger partial charge in [0.15, 0.2) is 26.9 Å². The van der Waals surface area contributed by atoms with E-state index in [1.165, 1.54) is 28.0 Å². The molecule has 4 rings (SSSR count). The molecule has 39 heavy (non-hydrogen) atoms. The summed E-state index contributed by atoms with van der Waals surface area (Å²) in [5, 5.41) is 0. The van der Waals surface area contributed by atoms with Gasteiger partial charge in [-0.05, 0) is 79.2 Å². The van der Waals surface area contributed by atoms with Crippen LogP contribution < -0.4 is 9.47 Å². The van der Waals surface area contributed by atoms with Crippen molar-refractivity contribution in [1.82, 2.24) is 0 Å². The monoisotopic (exact) mass is 551 g/mol. The maximum absolute atomic E-state index is 12.6. The van der Waals surface area contributed by atoms with E-state index in [9.17, 15) is 18.0 Å². The van der Waals surface area contributed by atoms with Gasteiger partial charge in [-0.1, -0.05) is 55.1 Å². The highest BCUT2D eigenvalue weighted by Crippen LogP contribution is 2.33. The number of carbonyl (C=O) groups excluding carboxylic acids is 1. The second kappa shape index (κ2) is 12.1. The molecule has 0 saturated heterocycles. The minimum atomic E-state index is -4.80. The Morgan fingerprint density at radius 1 is 0.769 bits per heavy atom. The summed E-state index contributed by atoms with van der Waals surface area (Å²) in [5.41, 5.74) is -0.848. The summed E-state index contributed by atoms with van der Waals surface area (Å²) < 4.78 is 52.4. The first-order valence-electron chi connectivity index (χ1n) is 12.0. The van der Waals surface area contributed by atoms with Crippen molar-refractivity contribution in [2.45, 2.75) is 33.6 Å². The smallest absolute Gasteiger partial charge is 0.482 e. The molecule has 0 amide bonds. The summed E-state index contributed by atoms with van der Waals surface area (Å²) >= 11 is 0. The quantitative estimate of drug-likeness (QED) is 0.115. The Morgan fingerprint density at radius 3 is 1.74 bits per heavy atom. The van der Waals surface area contributed by atoms with Crippen molar-refractivity contribution in [3.8, 4) is 11.5 Å². The molecule has 1 atom stereocenters. The van der Waals surface area contributed by atoms with E-state index in [4.69, 9.17) is 9.47 Å². The maximum atomic E-state index is 12.6. The van der Waals surface area contributed by atoms with Gasteiger partial charge in [-0.2, -0.15) is 0 Å². The van der Waals surface area contributed by atoms with E-state index in [1.54, 1.807) is 19.1 Å². The molecule has 8 heteroatoms. The third-order valence-corrected chi connectivity index (χ3v) is 7.98. The zero-order chi connectivity index (χ0) is 27.9. The number of rotatable bonds is 10. The van der Waals surface area contributed by atoms with Gasteiger partial charge in [0, 0.05) is 0 Å². The molecule has 0 bridgehead atoms. The van der Waals surface area contributed by atoms with E-state index < -0.39 is 17.9 Å². The normalized spacial score (nSPS) is 12.8. The van der Waals surface area contributed by atoms with Crippen LogP contribution in [0.2, 0.25) is 0 Å². The van der Waals surface area contributed by atoms with E-state index in [2.05, 4.69) is 35.6 Å². The van der Waals surface area contributed by atoms with Gasteiger partial charge in [-0.15, -0.1) is 13.2 Å². The van der Waals surface area contributed by atoms with Gasteiger partial charge >= 0.3 is 12.3 Å². The van der Waals surface area contributed by atoms with Gasteiger partial charge in [-0.3, -0.25) is 0 Å². The average Bonchev–Trinajstić information content (AvgIpc) is 2.93. The van der Waals surface area contributed by atoms with E-state index >= 15 is 0 Å². The lowest BCUT2D eigenvalue weighted by molar-refractivity contribution is -0.274. The van der Waals surface area contributed by atoms with Crippen molar-refractivity contribution in [1.29, 1.82) is 0 Å². The van der Waals surface area contributed by atoms with E-state index in [0.29, 0.717) is 11.3 Å². The van der Waals surface area contributed by atoms with Crippen LogP contribution in [0.25, 0.3) is 0 Å². The molecule has 4 aromatic rings. The Morgan fingerprint density at radius 2 is 1.26 bits per heavy atom. The predicted octanol–water partition coefficient (Wildman–Crippen LogP) is 7.70. The zero-order valence-electron chi connectivity index (χ0n) is 21.1. The second-order valence-electron chi connectivity index (χ2n) is 8.55. The highest BCUT2D eigenvalue weighted by molar-refractivity contribution is 7.97. The van der Waals surface area contributed by atoms with Crippen LogP contribution in [0.15, 0.2) is 137 Å². The lowest BCUT2D eigenvalue weighted by Crippen LogP contribution is -2.29. The van der Waals surface area contributed by atoms with E-state index in [-0.39, 0.29) is 23.3 Å². The Kier molecular flexibility index (Phi) is 8.66. The molecule has 4 aromatic carbocycles. The first-order valence-corrected chi connectivity index (χ1v) is 13.2. The summed E-state index contributed by atoms with van der Waals surface area (Å²) in [5.74, 6) is -0.544. The van der Waals surface area contributed by atoms with Crippen molar-refractivity contribution < 1.29 is 32.2 Å². The number of ether oxygens (including phenoxy) is 3. The molecule has 4 nitrogen and oxygen atoms in total. The van der Waals surface area contributed by atoms with Gasteiger partial charge in [0.1, 0.15) is 11.5 Å². The molecule has 0 saturated carbocycles. The van der Waals surface area contributed by atoms with Gasteiger partial charge in [-0.25, -0.2) is 4.79 Å². The molecule has 1 unspecified atom stereocenters. The van der Waals surface area contributed by atoms with Crippen molar-refractivity contribution in [2.24, 2.45) is 0 Å². The highest BCUT2D eigenvalue weighted by Gasteiger charge is 2.32. The predicted molar refractivity (Wildman–Crippen MR) is 144 cm³/mol. The van der Waals surface area contributed by atoms with Gasteiger partial charge in [0.2, 0.25) is 0 Å². The standard InChI is InChI=1S/C31H26F3O4S/c1-3-30(2,23-14-16-25(17-15-23)37-31(32,33)34)38-29(35)22-36-24-18-20-28(21-19-24)39(26-10-6-4-7-11-26)27-12-8-5-9-13-27/h3-21H,1,22H2,2H3/q+1. The number of hydrogen-bond donors (Lipinski definition) is 0. The number of halogens is 3. The van der Waals surface area contributed by atoms with Crippen LogP contribution in [0.1, 0.15) is 12.5 Å². The summed E-state index contributed by atoms with van der Waals surface area (Å²) in [6.07, 6.45) is -3.40. The topological polar surface area (TPSA) is 44.8 Å². The van der Waals surface area contributed by atoms with Crippen LogP contribution in [0, 0.1) is 0 Å². The average molecular weight is 552 g/mol. The molecule has 0 aliphatic carbocycles. The number of hydrogen-bond acceptors (Lipinski definition) is 4. The fraction of sp³-hybridized carbons (Fsp3) is 0.129. The fourth-order valence-corrected chi connectivity index (χ4v) is 5.89. The third-order valence-electron chi connectivity index (χ3n) is 5.75. The molecule has 0 fully saturated rings. The molecular formula is C31H26F3O4S+. The third kappa shape index (κ3) is 7.45. The van der Waals surface area contributed by atoms with Crippen molar-refractivity contribution in [3.63, 3.8) is 0 Å². The van der Waals surface area contributed by atoms with Crippen LogP contribution in [0.5, 0.6) is 11.5 Å². The minimum absolute atomic E-state index is 0.309. The Labute approximate surface area is 228 Å². The lowest BCUT2D eigenvalue weighted by atomic mass is 9.96. The molecule has 0 heterocycles. The molecule has 0 aliphatic rings. The van der Waals surface area contributed by atoms with Gasteiger partial charge in [0.05, 0.1) is 10.9 Å². The Balaban J connectivity index is 1.41. The molecule has 200 valence electrons. The van der Waals surface area contributed by atoms with Crippen molar-refractivity contribution in [2.75, 3.05) is 6.61 Å². The van der Waals surface area contributed by atoms with Gasteiger partial charge in [0.25, 0.3) is 0 Å². The van der Waals surface area contributed by atoms with Crippen LogP contribution in [-0.4, -0.2) is 18.9 Å². The summed E-state index contributed by atoms with van der Waals surface area (Å²) in [7, 11) is -0.309. The number of carbonyl (C=O) groups is 1. The lowest BCUT2D eigenvalue weighted by Gasteiger charge is -2.27. The zero-order valence-corrected chi connectivity index (χ0v) is 21.9. The molecule has 0 radical (unpaired) electrons. The van der Waals surface area contributed by atoms with E-state index in [0.717, 1.165) is 17.0 Å². The summed E-state index contributed by atoms with van der Waals surface area (Å²) in [6, 6.07) is 33.1. The van der Waals surface area contributed by atoms with Crippen LogP contribution >= 0.6 is 0 Å². The molecule has 0 N–H and O–H groups in total. The van der Waals surface area contributed by atoms with Crippen LogP contribution in [-0.2, 0) is 26.0 Å². The summed E-state index contributed by atoms with van der Waals surface area (Å²) in [6.45, 7) is 4.93. The SMILES string of the molecule is C=CC(C)(OC(=O)COc1ccc([S+](c2ccccc2)c2ccccc2)cc1)c1ccc(OC(F)(F)F)cc1. The first-order chi connectivity index (χ1) is 18.7. The largest absolute Gasteiger partial charge is 0.573 e. The number of alkyl halides is 3. The molecule has 0 spiro atoms. The second-order valence-corrected chi connectivity index (χ2v) is 10.6.